The van der Waals surface area contributed by atoms with Gasteiger partial charge in [0.25, 0.3) is 0 Å². The van der Waals surface area contributed by atoms with E-state index >= 15 is 0 Å². The standard InChI is InChI=1S/C14H25NO2/c1-9-4-5-12(14(16)17)13(6-9)15(3)8-11-7-10(11)2/h9-13H,4-8H2,1-3H3,(H,16,17). The molecule has 0 saturated heterocycles. The predicted octanol–water partition coefficient (Wildman–Crippen LogP) is 2.46. The monoisotopic (exact) mass is 239 g/mol. The molecule has 3 heteroatoms. The minimum Gasteiger partial charge on any atom is -0.481 e. The summed E-state index contributed by atoms with van der Waals surface area (Å²) >= 11 is 0. The summed E-state index contributed by atoms with van der Waals surface area (Å²) in [6.07, 6.45) is 4.30. The summed E-state index contributed by atoms with van der Waals surface area (Å²) in [5.74, 6) is 1.59. The molecular weight excluding hydrogens is 214 g/mol. The number of hydrogen-bond donors (Lipinski definition) is 1. The van der Waals surface area contributed by atoms with Gasteiger partial charge < -0.3 is 10.0 Å². The van der Waals surface area contributed by atoms with E-state index in [9.17, 15) is 9.90 Å². The van der Waals surface area contributed by atoms with Crippen LogP contribution in [-0.2, 0) is 4.79 Å². The Bertz CT molecular complexity index is 292. The zero-order valence-corrected chi connectivity index (χ0v) is 11.2. The molecule has 0 aromatic carbocycles. The normalized spacial score (nSPS) is 41.5. The molecule has 2 rings (SSSR count). The molecule has 2 aliphatic rings. The molecular formula is C14H25NO2. The quantitative estimate of drug-likeness (QED) is 0.819. The van der Waals surface area contributed by atoms with Crippen LogP contribution in [0.2, 0.25) is 0 Å². The number of carboxylic acids is 1. The van der Waals surface area contributed by atoms with Crippen LogP contribution in [0, 0.1) is 23.7 Å². The van der Waals surface area contributed by atoms with E-state index in [1.165, 1.54) is 6.42 Å². The third-order valence-corrected chi connectivity index (χ3v) is 4.76. The van der Waals surface area contributed by atoms with E-state index in [0.717, 1.165) is 37.6 Å². The molecule has 0 heterocycles. The van der Waals surface area contributed by atoms with Gasteiger partial charge in [0.05, 0.1) is 5.92 Å². The van der Waals surface area contributed by atoms with Gasteiger partial charge in [0.2, 0.25) is 0 Å². The molecule has 2 saturated carbocycles. The largest absolute Gasteiger partial charge is 0.481 e. The van der Waals surface area contributed by atoms with Gasteiger partial charge in [-0.2, -0.15) is 0 Å². The second-order valence-corrected chi connectivity index (χ2v) is 6.34. The Morgan fingerprint density at radius 1 is 1.29 bits per heavy atom. The van der Waals surface area contributed by atoms with Gasteiger partial charge >= 0.3 is 5.97 Å². The number of carbonyl (C=O) groups is 1. The first-order chi connectivity index (χ1) is 7.99. The van der Waals surface area contributed by atoms with E-state index in [4.69, 9.17) is 0 Å². The fourth-order valence-corrected chi connectivity index (χ4v) is 3.28. The van der Waals surface area contributed by atoms with Crippen LogP contribution < -0.4 is 0 Å². The van der Waals surface area contributed by atoms with Crippen molar-refractivity contribution in [3.8, 4) is 0 Å². The fraction of sp³-hybridized carbons (Fsp3) is 0.929. The lowest BCUT2D eigenvalue weighted by molar-refractivity contribution is -0.146. The molecule has 17 heavy (non-hydrogen) atoms. The molecule has 3 nitrogen and oxygen atoms in total. The Labute approximate surface area is 104 Å². The van der Waals surface area contributed by atoms with Crippen molar-refractivity contribution in [3.05, 3.63) is 0 Å². The highest BCUT2D eigenvalue weighted by Crippen LogP contribution is 2.40. The first-order valence-corrected chi connectivity index (χ1v) is 6.92. The maximum Gasteiger partial charge on any atom is 0.308 e. The number of aliphatic carboxylic acids is 1. The van der Waals surface area contributed by atoms with Gasteiger partial charge in [-0.25, -0.2) is 0 Å². The molecule has 98 valence electrons. The van der Waals surface area contributed by atoms with Crippen molar-refractivity contribution in [1.82, 2.24) is 4.90 Å². The van der Waals surface area contributed by atoms with Gasteiger partial charge in [-0.1, -0.05) is 13.8 Å². The minimum atomic E-state index is -0.599. The molecule has 2 aliphatic carbocycles. The second kappa shape index (κ2) is 4.97. The van der Waals surface area contributed by atoms with Crippen LogP contribution in [0.1, 0.15) is 39.5 Å². The van der Waals surface area contributed by atoms with Crippen LogP contribution in [0.3, 0.4) is 0 Å². The predicted molar refractivity (Wildman–Crippen MR) is 67.8 cm³/mol. The second-order valence-electron chi connectivity index (χ2n) is 6.34. The van der Waals surface area contributed by atoms with Crippen molar-refractivity contribution < 1.29 is 9.90 Å². The van der Waals surface area contributed by atoms with Gasteiger partial charge in [-0.05, 0) is 50.5 Å². The highest BCUT2D eigenvalue weighted by atomic mass is 16.4. The molecule has 2 fully saturated rings. The minimum absolute atomic E-state index is 0.148. The van der Waals surface area contributed by atoms with Crippen molar-refractivity contribution in [2.24, 2.45) is 23.7 Å². The molecule has 5 atom stereocenters. The number of carboxylic acid groups (broad SMARTS) is 1. The number of hydrogen-bond acceptors (Lipinski definition) is 2. The van der Waals surface area contributed by atoms with Crippen LogP contribution >= 0.6 is 0 Å². The van der Waals surface area contributed by atoms with Crippen LogP contribution in [0.5, 0.6) is 0 Å². The van der Waals surface area contributed by atoms with E-state index in [1.54, 1.807) is 0 Å². The van der Waals surface area contributed by atoms with Gasteiger partial charge in [-0.3, -0.25) is 4.79 Å². The molecule has 0 amide bonds. The molecule has 0 bridgehead atoms. The van der Waals surface area contributed by atoms with Gasteiger partial charge in [0.15, 0.2) is 0 Å². The summed E-state index contributed by atoms with van der Waals surface area (Å²) in [4.78, 5) is 13.6. The van der Waals surface area contributed by atoms with E-state index in [1.807, 2.05) is 0 Å². The molecule has 1 N–H and O–H groups in total. The first kappa shape index (κ1) is 12.9. The lowest BCUT2D eigenvalue weighted by Gasteiger charge is -2.38. The lowest BCUT2D eigenvalue weighted by atomic mass is 9.78. The molecule has 5 unspecified atom stereocenters. The van der Waals surface area contributed by atoms with Gasteiger partial charge in [0.1, 0.15) is 0 Å². The molecule has 0 aromatic rings. The number of rotatable bonds is 4. The summed E-state index contributed by atoms with van der Waals surface area (Å²) in [6.45, 7) is 5.62. The van der Waals surface area contributed by atoms with Crippen LogP contribution in [0.4, 0.5) is 0 Å². The molecule has 0 aromatic heterocycles. The highest BCUT2D eigenvalue weighted by Gasteiger charge is 2.39. The van der Waals surface area contributed by atoms with Crippen molar-refractivity contribution in [1.29, 1.82) is 0 Å². The van der Waals surface area contributed by atoms with Crippen LogP contribution in [0.25, 0.3) is 0 Å². The fourth-order valence-electron chi connectivity index (χ4n) is 3.28. The van der Waals surface area contributed by atoms with Crippen molar-refractivity contribution >= 4 is 5.97 Å². The lowest BCUT2D eigenvalue weighted by Crippen LogP contribution is -2.45. The smallest absolute Gasteiger partial charge is 0.308 e. The zero-order chi connectivity index (χ0) is 12.6. The summed E-state index contributed by atoms with van der Waals surface area (Å²) in [5, 5.41) is 9.32. The van der Waals surface area contributed by atoms with E-state index < -0.39 is 5.97 Å². The zero-order valence-electron chi connectivity index (χ0n) is 11.2. The van der Waals surface area contributed by atoms with Crippen LogP contribution in [-0.4, -0.2) is 35.6 Å². The SMILES string of the molecule is CC1CCC(C(=O)O)C(N(C)CC2CC2C)C1. The Hall–Kier alpha value is -0.570. The topological polar surface area (TPSA) is 40.5 Å². The molecule has 0 radical (unpaired) electrons. The summed E-state index contributed by atoms with van der Waals surface area (Å²) in [5.41, 5.74) is 0. The van der Waals surface area contributed by atoms with E-state index in [2.05, 4.69) is 25.8 Å². The number of nitrogens with zero attached hydrogens (tertiary/aromatic N) is 1. The van der Waals surface area contributed by atoms with Crippen molar-refractivity contribution in [2.45, 2.75) is 45.6 Å². The van der Waals surface area contributed by atoms with E-state index in [0.29, 0.717) is 5.92 Å². The molecule has 0 aliphatic heterocycles. The Balaban J connectivity index is 1.95. The van der Waals surface area contributed by atoms with Crippen molar-refractivity contribution in [2.75, 3.05) is 13.6 Å². The Kier molecular flexibility index (Phi) is 3.76. The summed E-state index contributed by atoms with van der Waals surface area (Å²) < 4.78 is 0. The van der Waals surface area contributed by atoms with Gasteiger partial charge in [-0.15, -0.1) is 0 Å². The Morgan fingerprint density at radius 2 is 1.94 bits per heavy atom. The Morgan fingerprint density at radius 3 is 2.47 bits per heavy atom. The first-order valence-electron chi connectivity index (χ1n) is 6.92. The average Bonchev–Trinajstić information content (AvgIpc) is 2.93. The van der Waals surface area contributed by atoms with Crippen LogP contribution in [0.15, 0.2) is 0 Å². The molecule has 0 spiro atoms. The maximum atomic E-state index is 11.3. The van der Waals surface area contributed by atoms with Gasteiger partial charge in [0, 0.05) is 12.6 Å². The highest BCUT2D eigenvalue weighted by molar-refractivity contribution is 5.71. The third kappa shape index (κ3) is 3.01. The maximum absolute atomic E-state index is 11.3. The van der Waals surface area contributed by atoms with Crippen molar-refractivity contribution in [3.63, 3.8) is 0 Å². The summed E-state index contributed by atoms with van der Waals surface area (Å²) in [7, 11) is 2.11. The average molecular weight is 239 g/mol. The third-order valence-electron chi connectivity index (χ3n) is 4.76. The van der Waals surface area contributed by atoms with E-state index in [-0.39, 0.29) is 12.0 Å². The summed E-state index contributed by atoms with van der Waals surface area (Å²) in [6, 6.07) is 0.254.